The van der Waals surface area contributed by atoms with Gasteiger partial charge in [-0.05, 0) is 12.8 Å². The lowest BCUT2D eigenvalue weighted by molar-refractivity contribution is -0.137. The van der Waals surface area contributed by atoms with Crippen molar-refractivity contribution < 1.29 is 22.1 Å². The van der Waals surface area contributed by atoms with Crippen molar-refractivity contribution in [2.24, 2.45) is 0 Å². The number of esters is 1. The van der Waals surface area contributed by atoms with Crippen LogP contribution in [0.3, 0.4) is 0 Å². The Kier molecular flexibility index (Phi) is 7.84. The summed E-state index contributed by atoms with van der Waals surface area (Å²) in [6, 6.07) is 0. The second kappa shape index (κ2) is 8.29. The molecule has 0 aromatic rings. The molecule has 0 unspecified atom stereocenters. The molecule has 16 heavy (non-hydrogen) atoms. The summed E-state index contributed by atoms with van der Waals surface area (Å²) in [5.41, 5.74) is 0. The Hall–Kier alpha value is -0.880. The van der Waals surface area contributed by atoms with Crippen LogP contribution in [0.5, 0.6) is 0 Å². The van der Waals surface area contributed by atoms with Gasteiger partial charge in [0.25, 0.3) is 10.1 Å². The molecule has 0 bridgehead atoms. The molecule has 0 aliphatic carbocycles. The van der Waals surface area contributed by atoms with Gasteiger partial charge >= 0.3 is 5.97 Å². The van der Waals surface area contributed by atoms with Gasteiger partial charge in [-0.2, -0.15) is 8.42 Å². The average molecular weight is 250 g/mol. The van der Waals surface area contributed by atoms with Crippen LogP contribution in [0.25, 0.3) is 0 Å². The van der Waals surface area contributed by atoms with Crippen molar-refractivity contribution in [2.75, 3.05) is 19.0 Å². The zero-order valence-corrected chi connectivity index (χ0v) is 10.3. The molecule has 94 valence electrons. The van der Waals surface area contributed by atoms with Crippen LogP contribution >= 0.6 is 0 Å². The minimum absolute atomic E-state index is 0.0568. The molecule has 0 aliphatic rings. The number of rotatable bonds is 9. The molecule has 0 saturated heterocycles. The largest absolute Gasteiger partial charge is 0.463 e. The van der Waals surface area contributed by atoms with Gasteiger partial charge in [-0.1, -0.05) is 19.9 Å². The Morgan fingerprint density at radius 3 is 2.56 bits per heavy atom. The molecule has 0 saturated carbocycles. The molecule has 0 aliphatic heterocycles. The highest BCUT2D eigenvalue weighted by atomic mass is 32.2. The van der Waals surface area contributed by atoms with Crippen LogP contribution < -0.4 is 0 Å². The summed E-state index contributed by atoms with van der Waals surface area (Å²) in [7, 11) is -3.48. The monoisotopic (exact) mass is 250 g/mol. The van der Waals surface area contributed by atoms with Crippen molar-refractivity contribution in [2.45, 2.75) is 26.2 Å². The fraction of sp³-hybridized carbons (Fsp3) is 0.700. The van der Waals surface area contributed by atoms with E-state index in [1.807, 2.05) is 6.92 Å². The maximum absolute atomic E-state index is 11.2. The fourth-order valence-electron chi connectivity index (χ4n) is 0.857. The van der Waals surface area contributed by atoms with Crippen LogP contribution in [0.4, 0.5) is 0 Å². The van der Waals surface area contributed by atoms with Gasteiger partial charge in [0.15, 0.2) is 0 Å². The van der Waals surface area contributed by atoms with Crippen molar-refractivity contribution in [3.63, 3.8) is 0 Å². The Morgan fingerprint density at radius 1 is 1.31 bits per heavy atom. The number of carbonyl (C=O) groups excluding carboxylic acids is 1. The summed E-state index contributed by atoms with van der Waals surface area (Å²) in [5, 5.41) is 0. The van der Waals surface area contributed by atoms with Crippen LogP contribution in [-0.2, 0) is 23.8 Å². The minimum Gasteiger partial charge on any atom is -0.463 e. The van der Waals surface area contributed by atoms with E-state index in [2.05, 4.69) is 11.3 Å². The Balaban J connectivity index is 3.66. The lowest BCUT2D eigenvalue weighted by Crippen LogP contribution is -2.14. The Labute approximate surface area is 96.6 Å². The van der Waals surface area contributed by atoms with E-state index in [-0.39, 0.29) is 25.4 Å². The van der Waals surface area contributed by atoms with Crippen molar-refractivity contribution in [3.05, 3.63) is 12.7 Å². The SMILES string of the molecule is C=CC(=O)OCCCS(=O)(=O)OCCCC. The number of carbonyl (C=O) groups is 1. The normalized spacial score (nSPS) is 11.1. The van der Waals surface area contributed by atoms with Crippen LogP contribution in [0.15, 0.2) is 12.7 Å². The highest BCUT2D eigenvalue weighted by Crippen LogP contribution is 1.99. The lowest BCUT2D eigenvalue weighted by Gasteiger charge is -2.05. The van der Waals surface area contributed by atoms with Gasteiger partial charge in [-0.3, -0.25) is 4.18 Å². The molecular formula is C10H18O5S. The highest BCUT2D eigenvalue weighted by molar-refractivity contribution is 7.86. The van der Waals surface area contributed by atoms with Gasteiger partial charge in [0.1, 0.15) is 0 Å². The zero-order chi connectivity index (χ0) is 12.4. The highest BCUT2D eigenvalue weighted by Gasteiger charge is 2.10. The summed E-state index contributed by atoms with van der Waals surface area (Å²) in [6.07, 6.45) is 2.86. The third-order valence-corrected chi connectivity index (χ3v) is 3.02. The molecule has 5 nitrogen and oxygen atoms in total. The van der Waals surface area contributed by atoms with E-state index < -0.39 is 16.1 Å². The smallest absolute Gasteiger partial charge is 0.330 e. The van der Waals surface area contributed by atoms with Crippen LogP contribution in [0.1, 0.15) is 26.2 Å². The topological polar surface area (TPSA) is 69.7 Å². The summed E-state index contributed by atoms with van der Waals surface area (Å²) in [5.74, 6) is -0.689. The number of hydrogen-bond donors (Lipinski definition) is 0. The predicted octanol–water partition coefficient (Wildman–Crippen LogP) is 1.25. The third kappa shape index (κ3) is 8.43. The van der Waals surface area contributed by atoms with Crippen LogP contribution in [-0.4, -0.2) is 33.4 Å². The number of unbranched alkanes of at least 4 members (excludes halogenated alkanes) is 1. The van der Waals surface area contributed by atoms with E-state index in [4.69, 9.17) is 4.18 Å². The average Bonchev–Trinajstić information content (AvgIpc) is 2.24. The summed E-state index contributed by atoms with van der Waals surface area (Å²) in [4.78, 5) is 10.6. The van der Waals surface area contributed by atoms with Gasteiger partial charge in [-0.15, -0.1) is 0 Å². The molecular weight excluding hydrogens is 232 g/mol. The molecule has 0 spiro atoms. The lowest BCUT2D eigenvalue weighted by atomic mass is 10.4. The summed E-state index contributed by atoms with van der Waals surface area (Å²) >= 11 is 0. The van der Waals surface area contributed by atoms with Gasteiger partial charge < -0.3 is 4.74 Å². The van der Waals surface area contributed by atoms with E-state index in [1.54, 1.807) is 0 Å². The maximum Gasteiger partial charge on any atom is 0.330 e. The molecule has 0 fully saturated rings. The van der Waals surface area contributed by atoms with Crippen molar-refractivity contribution in [3.8, 4) is 0 Å². The van der Waals surface area contributed by atoms with E-state index in [0.29, 0.717) is 6.42 Å². The first-order valence-electron chi connectivity index (χ1n) is 5.18. The summed E-state index contributed by atoms with van der Waals surface area (Å²) < 4.78 is 31.8. The first-order valence-corrected chi connectivity index (χ1v) is 6.76. The van der Waals surface area contributed by atoms with Crippen LogP contribution in [0.2, 0.25) is 0 Å². The maximum atomic E-state index is 11.2. The van der Waals surface area contributed by atoms with Gasteiger partial charge in [0.2, 0.25) is 0 Å². The molecule has 0 heterocycles. The third-order valence-electron chi connectivity index (χ3n) is 1.71. The predicted molar refractivity (Wildman–Crippen MR) is 60.4 cm³/mol. The van der Waals surface area contributed by atoms with E-state index in [0.717, 1.165) is 12.5 Å². The molecule has 0 aromatic heterocycles. The molecule has 0 aromatic carbocycles. The zero-order valence-electron chi connectivity index (χ0n) is 9.48. The standard InChI is InChI=1S/C10H18O5S/c1-3-5-8-15-16(12,13)9-6-7-14-10(11)4-2/h4H,2-3,5-9H2,1H3. The van der Waals surface area contributed by atoms with Crippen molar-refractivity contribution in [1.29, 1.82) is 0 Å². The first-order chi connectivity index (χ1) is 7.52. The molecule has 0 amide bonds. The van der Waals surface area contributed by atoms with Gasteiger partial charge in [0, 0.05) is 6.08 Å². The van der Waals surface area contributed by atoms with Crippen molar-refractivity contribution in [1.82, 2.24) is 0 Å². The number of hydrogen-bond acceptors (Lipinski definition) is 5. The minimum atomic E-state index is -3.48. The second-order valence-corrected chi connectivity index (χ2v) is 4.92. The van der Waals surface area contributed by atoms with Crippen LogP contribution in [0, 0.1) is 0 Å². The Morgan fingerprint density at radius 2 is 2.00 bits per heavy atom. The fourth-order valence-corrected chi connectivity index (χ4v) is 1.82. The van der Waals surface area contributed by atoms with E-state index >= 15 is 0 Å². The molecule has 0 rings (SSSR count). The first kappa shape index (κ1) is 15.1. The second-order valence-electron chi connectivity index (χ2n) is 3.16. The van der Waals surface area contributed by atoms with Gasteiger partial charge in [-0.25, -0.2) is 4.79 Å². The van der Waals surface area contributed by atoms with Crippen molar-refractivity contribution >= 4 is 16.1 Å². The molecule has 0 atom stereocenters. The summed E-state index contributed by atoms with van der Waals surface area (Å²) in [6.45, 7) is 5.44. The Bertz CT molecular complexity index is 307. The van der Waals surface area contributed by atoms with E-state index in [1.165, 1.54) is 0 Å². The van der Waals surface area contributed by atoms with Gasteiger partial charge in [0.05, 0.1) is 19.0 Å². The molecule has 0 N–H and O–H groups in total. The molecule has 0 radical (unpaired) electrons. The number of ether oxygens (including phenoxy) is 1. The van der Waals surface area contributed by atoms with E-state index in [9.17, 15) is 13.2 Å². The quantitative estimate of drug-likeness (QED) is 0.266. The molecule has 6 heteroatoms.